The van der Waals surface area contributed by atoms with E-state index in [1.807, 2.05) is 0 Å². The van der Waals surface area contributed by atoms with Gasteiger partial charge in [-0.15, -0.1) is 6.42 Å². The second-order valence-electron chi connectivity index (χ2n) is 4.40. The van der Waals surface area contributed by atoms with Crippen LogP contribution in [0.3, 0.4) is 0 Å². The van der Waals surface area contributed by atoms with Gasteiger partial charge < -0.3 is 10.2 Å². The van der Waals surface area contributed by atoms with E-state index in [-0.39, 0.29) is 17.1 Å². The second kappa shape index (κ2) is 7.31. The average Bonchev–Trinajstić information content (AvgIpc) is 2.52. The van der Waals surface area contributed by atoms with Gasteiger partial charge in [-0.05, 0) is 46.3 Å². The highest BCUT2D eigenvalue weighted by Gasteiger charge is 2.14. The highest BCUT2D eigenvalue weighted by molar-refractivity contribution is 9.11. The Hall–Kier alpha value is -2.30. The molecule has 5 nitrogen and oxygen atoms in total. The number of carbonyl (C=O) groups excluding carboxylic acids is 1. The molecule has 0 heterocycles. The van der Waals surface area contributed by atoms with Crippen LogP contribution in [0, 0.1) is 12.3 Å². The molecule has 0 fully saturated rings. The number of amides is 1. The maximum Gasteiger partial charge on any atom is 0.275 e. The normalized spacial score (nSPS) is 10.5. The Balaban J connectivity index is 2.18. The van der Waals surface area contributed by atoms with Crippen molar-refractivity contribution in [1.29, 1.82) is 0 Å². The molecule has 3 N–H and O–H groups in total. The number of hydrogen-bond donors (Lipinski definition) is 3. The molecule has 0 aromatic heterocycles. The minimum Gasteiger partial charge on any atom is -0.507 e. The van der Waals surface area contributed by atoms with Gasteiger partial charge in [0.2, 0.25) is 0 Å². The summed E-state index contributed by atoms with van der Waals surface area (Å²) in [5.41, 5.74) is 3.25. The number of rotatable bonds is 3. The van der Waals surface area contributed by atoms with Gasteiger partial charge >= 0.3 is 0 Å². The van der Waals surface area contributed by atoms with E-state index in [2.05, 4.69) is 48.3 Å². The summed E-state index contributed by atoms with van der Waals surface area (Å²) in [6.07, 6.45) is 6.55. The lowest BCUT2D eigenvalue weighted by atomic mass is 10.1. The third kappa shape index (κ3) is 4.12. The Labute approximate surface area is 149 Å². The molecular weight excluding hydrogens is 428 g/mol. The summed E-state index contributed by atoms with van der Waals surface area (Å²) in [6, 6.07) is 7.65. The minimum absolute atomic E-state index is 0.0185. The zero-order valence-electron chi connectivity index (χ0n) is 11.5. The molecule has 0 unspecified atom stereocenters. The fraction of sp³-hybridized carbons (Fsp3) is 0. The van der Waals surface area contributed by atoms with Crippen LogP contribution in [0.25, 0.3) is 0 Å². The predicted molar refractivity (Wildman–Crippen MR) is 94.6 cm³/mol. The third-order valence-electron chi connectivity index (χ3n) is 2.84. The van der Waals surface area contributed by atoms with E-state index >= 15 is 0 Å². The number of nitrogens with zero attached hydrogens (tertiary/aromatic N) is 1. The summed E-state index contributed by atoms with van der Waals surface area (Å²) in [4.78, 5) is 12.0. The second-order valence-corrected chi connectivity index (χ2v) is 6.17. The number of halogens is 2. The van der Waals surface area contributed by atoms with E-state index in [0.29, 0.717) is 20.1 Å². The average molecular weight is 438 g/mol. The Morgan fingerprint density at radius 1 is 1.26 bits per heavy atom. The predicted octanol–water partition coefficient (Wildman–Crippen LogP) is 3.37. The van der Waals surface area contributed by atoms with Crippen molar-refractivity contribution in [2.24, 2.45) is 5.10 Å². The lowest BCUT2D eigenvalue weighted by molar-refractivity contribution is 0.0952. The highest BCUT2D eigenvalue weighted by atomic mass is 79.9. The van der Waals surface area contributed by atoms with Crippen molar-refractivity contribution in [2.45, 2.75) is 0 Å². The van der Waals surface area contributed by atoms with E-state index in [0.717, 1.165) is 0 Å². The number of benzene rings is 2. The van der Waals surface area contributed by atoms with Crippen LogP contribution in [0.15, 0.2) is 44.4 Å². The lowest BCUT2D eigenvalue weighted by Crippen LogP contribution is -2.18. The largest absolute Gasteiger partial charge is 0.507 e. The van der Waals surface area contributed by atoms with Gasteiger partial charge in [-0.1, -0.05) is 21.9 Å². The van der Waals surface area contributed by atoms with Gasteiger partial charge in [-0.25, -0.2) is 5.43 Å². The number of hydrazone groups is 1. The van der Waals surface area contributed by atoms with Gasteiger partial charge in [0.25, 0.3) is 5.91 Å². The summed E-state index contributed by atoms with van der Waals surface area (Å²) in [6.45, 7) is 0. The summed E-state index contributed by atoms with van der Waals surface area (Å²) < 4.78 is 0.996. The van der Waals surface area contributed by atoms with Gasteiger partial charge in [0, 0.05) is 15.6 Å². The van der Waals surface area contributed by atoms with Crippen LogP contribution >= 0.6 is 31.9 Å². The van der Waals surface area contributed by atoms with Crippen molar-refractivity contribution < 1.29 is 15.0 Å². The summed E-state index contributed by atoms with van der Waals surface area (Å²) in [5.74, 6) is 1.62. The molecule has 2 aromatic carbocycles. The van der Waals surface area contributed by atoms with Crippen molar-refractivity contribution in [1.82, 2.24) is 5.43 Å². The molecule has 0 spiro atoms. The number of aromatic hydroxyl groups is 2. The Bertz CT molecular complexity index is 842. The van der Waals surface area contributed by atoms with Gasteiger partial charge in [-0.2, -0.15) is 5.10 Å². The molecule has 7 heteroatoms. The zero-order valence-corrected chi connectivity index (χ0v) is 14.7. The molecule has 0 bridgehead atoms. The van der Waals surface area contributed by atoms with Gasteiger partial charge in [0.1, 0.15) is 11.5 Å². The van der Waals surface area contributed by atoms with E-state index in [9.17, 15) is 15.0 Å². The molecule has 23 heavy (non-hydrogen) atoms. The molecule has 0 aliphatic heterocycles. The number of phenolic OH excluding ortho intramolecular Hbond substituents is 2. The Morgan fingerprint density at radius 2 is 2.00 bits per heavy atom. The maximum absolute atomic E-state index is 12.0. The molecule has 0 atom stereocenters. The standard InChI is InChI=1S/C16H10Br2N2O3/c1-2-9-3-4-14(21)10(5-9)8-19-20-16(23)12-6-11(17)7-13(18)15(12)22/h1,3-8,21-22H,(H,20,23). The quantitative estimate of drug-likeness (QED) is 0.391. The van der Waals surface area contributed by atoms with Crippen LogP contribution in [0.2, 0.25) is 0 Å². The topological polar surface area (TPSA) is 81.9 Å². The minimum atomic E-state index is -0.603. The van der Waals surface area contributed by atoms with Gasteiger partial charge in [-0.3, -0.25) is 4.79 Å². The highest BCUT2D eigenvalue weighted by Crippen LogP contribution is 2.31. The Kier molecular flexibility index (Phi) is 5.42. The first-order chi connectivity index (χ1) is 10.9. The van der Waals surface area contributed by atoms with Gasteiger partial charge in [0.05, 0.1) is 16.3 Å². The van der Waals surface area contributed by atoms with Crippen molar-refractivity contribution >= 4 is 44.0 Å². The number of carbonyl (C=O) groups is 1. The third-order valence-corrected chi connectivity index (χ3v) is 3.90. The summed E-state index contributed by atoms with van der Waals surface area (Å²) in [7, 11) is 0. The summed E-state index contributed by atoms with van der Waals surface area (Å²) in [5, 5.41) is 23.3. The molecule has 2 aromatic rings. The fourth-order valence-corrected chi connectivity index (χ4v) is 2.93. The van der Waals surface area contributed by atoms with E-state index in [4.69, 9.17) is 6.42 Å². The molecule has 1 amide bonds. The van der Waals surface area contributed by atoms with E-state index < -0.39 is 5.91 Å². The van der Waals surface area contributed by atoms with Crippen molar-refractivity contribution in [2.75, 3.05) is 0 Å². The zero-order chi connectivity index (χ0) is 17.0. The SMILES string of the molecule is C#Cc1ccc(O)c(C=NNC(=O)c2cc(Br)cc(Br)c2O)c1. The monoisotopic (exact) mass is 436 g/mol. The first kappa shape index (κ1) is 17.1. The van der Waals surface area contributed by atoms with Crippen LogP contribution in [0.5, 0.6) is 11.5 Å². The molecule has 0 aliphatic rings. The van der Waals surface area contributed by atoms with Crippen molar-refractivity contribution in [3.63, 3.8) is 0 Å². The number of nitrogens with one attached hydrogen (secondary N) is 1. The molecule has 2 rings (SSSR count). The molecular formula is C16H10Br2N2O3. The van der Waals surface area contributed by atoms with Crippen molar-refractivity contribution in [3.8, 4) is 23.8 Å². The molecule has 0 radical (unpaired) electrons. The van der Waals surface area contributed by atoms with Crippen molar-refractivity contribution in [3.05, 3.63) is 56.0 Å². The summed E-state index contributed by atoms with van der Waals surface area (Å²) >= 11 is 6.38. The van der Waals surface area contributed by atoms with Crippen LogP contribution in [0.4, 0.5) is 0 Å². The van der Waals surface area contributed by atoms with E-state index in [1.165, 1.54) is 18.3 Å². The molecule has 0 saturated heterocycles. The number of phenols is 2. The van der Waals surface area contributed by atoms with Crippen LogP contribution in [-0.2, 0) is 0 Å². The first-order valence-electron chi connectivity index (χ1n) is 6.23. The van der Waals surface area contributed by atoms with Crippen LogP contribution in [0.1, 0.15) is 21.5 Å². The first-order valence-corrected chi connectivity index (χ1v) is 7.82. The lowest BCUT2D eigenvalue weighted by Gasteiger charge is -2.06. The maximum atomic E-state index is 12.0. The molecule has 0 saturated carbocycles. The molecule has 116 valence electrons. The Morgan fingerprint density at radius 3 is 2.70 bits per heavy atom. The molecule has 0 aliphatic carbocycles. The van der Waals surface area contributed by atoms with Gasteiger partial charge in [0.15, 0.2) is 0 Å². The smallest absolute Gasteiger partial charge is 0.275 e. The number of hydrogen-bond acceptors (Lipinski definition) is 4. The fourth-order valence-electron chi connectivity index (χ4n) is 1.71. The van der Waals surface area contributed by atoms with Crippen LogP contribution in [-0.4, -0.2) is 22.3 Å². The van der Waals surface area contributed by atoms with E-state index in [1.54, 1.807) is 18.2 Å². The van der Waals surface area contributed by atoms with Crippen LogP contribution < -0.4 is 5.43 Å². The number of terminal acetylenes is 1.